The lowest BCUT2D eigenvalue weighted by molar-refractivity contribution is 0.0374. The van der Waals surface area contributed by atoms with Crippen molar-refractivity contribution in [1.29, 1.82) is 0 Å². The third-order valence-electron chi connectivity index (χ3n) is 3.75. The van der Waals surface area contributed by atoms with Gasteiger partial charge in [-0.3, -0.25) is 4.90 Å². The minimum atomic E-state index is 0.735. The molecule has 1 fully saturated rings. The number of methoxy groups -OCH3 is 2. The van der Waals surface area contributed by atoms with Gasteiger partial charge in [0, 0.05) is 19.6 Å². The Hall–Kier alpha value is -0.820. The highest BCUT2D eigenvalue weighted by Crippen LogP contribution is 2.36. The predicted octanol–water partition coefficient (Wildman–Crippen LogP) is 2.28. The largest absolute Gasteiger partial charge is 0.493 e. The summed E-state index contributed by atoms with van der Waals surface area (Å²) < 4.78 is 17.0. The third-order valence-corrected chi connectivity index (χ3v) is 4.34. The Morgan fingerprint density at radius 3 is 2.68 bits per heavy atom. The van der Waals surface area contributed by atoms with E-state index < -0.39 is 0 Å². The molecule has 0 bridgehead atoms. The van der Waals surface area contributed by atoms with Crippen LogP contribution in [0, 0.1) is 0 Å². The summed E-state index contributed by atoms with van der Waals surface area (Å²) in [5.74, 6) is 1.49. The lowest BCUT2D eigenvalue weighted by Gasteiger charge is -2.26. The molecule has 5 nitrogen and oxygen atoms in total. The number of benzene rings is 1. The van der Waals surface area contributed by atoms with E-state index in [4.69, 9.17) is 14.2 Å². The van der Waals surface area contributed by atoms with Crippen LogP contribution in [0.25, 0.3) is 0 Å². The highest BCUT2D eigenvalue weighted by Gasteiger charge is 2.11. The summed E-state index contributed by atoms with van der Waals surface area (Å²) in [4.78, 5) is 2.46. The molecule has 22 heavy (non-hydrogen) atoms. The molecular weight excluding hydrogens is 348 g/mol. The van der Waals surface area contributed by atoms with Gasteiger partial charge in [0.05, 0.1) is 31.9 Å². The second kappa shape index (κ2) is 9.35. The molecule has 124 valence electrons. The first-order valence-corrected chi connectivity index (χ1v) is 8.45. The number of nitrogens with zero attached hydrogens (tertiary/aromatic N) is 1. The monoisotopic (exact) mass is 372 g/mol. The lowest BCUT2D eigenvalue weighted by Crippen LogP contribution is -2.37. The first-order chi connectivity index (χ1) is 10.7. The summed E-state index contributed by atoms with van der Waals surface area (Å²) in [5.41, 5.74) is 1.18. The summed E-state index contributed by atoms with van der Waals surface area (Å²) in [6, 6.07) is 4.08. The number of hydrogen-bond acceptors (Lipinski definition) is 5. The molecular formula is C16H25BrN2O3. The van der Waals surface area contributed by atoms with Crippen LogP contribution in [0.3, 0.4) is 0 Å². The van der Waals surface area contributed by atoms with Crippen molar-refractivity contribution in [3.05, 3.63) is 22.2 Å². The van der Waals surface area contributed by atoms with Crippen molar-refractivity contribution >= 4 is 15.9 Å². The van der Waals surface area contributed by atoms with Crippen molar-refractivity contribution in [2.45, 2.75) is 13.0 Å². The number of hydrogen-bond donors (Lipinski definition) is 1. The van der Waals surface area contributed by atoms with E-state index in [-0.39, 0.29) is 0 Å². The van der Waals surface area contributed by atoms with Crippen LogP contribution in [0.15, 0.2) is 16.6 Å². The standard InChI is InChI=1S/C16H25BrN2O3/c1-20-15-11-13(10-14(17)16(15)21-2)12-18-4-3-5-19-6-8-22-9-7-19/h10-11,18H,3-9,12H2,1-2H3. The Morgan fingerprint density at radius 2 is 2.00 bits per heavy atom. The van der Waals surface area contributed by atoms with Crippen molar-refractivity contribution in [1.82, 2.24) is 10.2 Å². The van der Waals surface area contributed by atoms with Gasteiger partial charge in [0.15, 0.2) is 11.5 Å². The molecule has 0 spiro atoms. The van der Waals surface area contributed by atoms with Crippen LogP contribution in [0.4, 0.5) is 0 Å². The number of halogens is 1. The molecule has 1 aromatic carbocycles. The molecule has 0 radical (unpaired) electrons. The molecule has 1 aliphatic heterocycles. The summed E-state index contributed by atoms with van der Waals surface area (Å²) >= 11 is 3.52. The molecule has 0 aliphatic carbocycles. The summed E-state index contributed by atoms with van der Waals surface area (Å²) in [6.07, 6.45) is 1.15. The smallest absolute Gasteiger partial charge is 0.174 e. The average Bonchev–Trinajstić information content (AvgIpc) is 2.55. The highest BCUT2D eigenvalue weighted by atomic mass is 79.9. The molecule has 1 aliphatic rings. The van der Waals surface area contributed by atoms with Crippen molar-refractivity contribution in [2.24, 2.45) is 0 Å². The van der Waals surface area contributed by atoms with E-state index in [9.17, 15) is 0 Å². The molecule has 1 aromatic rings. The third kappa shape index (κ3) is 5.12. The maximum absolute atomic E-state index is 5.36. The molecule has 1 heterocycles. The maximum Gasteiger partial charge on any atom is 0.174 e. The lowest BCUT2D eigenvalue weighted by atomic mass is 10.2. The van der Waals surface area contributed by atoms with E-state index in [0.29, 0.717) is 0 Å². The van der Waals surface area contributed by atoms with Gasteiger partial charge in [-0.05, 0) is 53.1 Å². The normalized spacial score (nSPS) is 15.8. The van der Waals surface area contributed by atoms with Crippen molar-refractivity contribution in [3.63, 3.8) is 0 Å². The van der Waals surface area contributed by atoms with Gasteiger partial charge in [0.1, 0.15) is 0 Å². The SMILES string of the molecule is COc1cc(CNCCCN2CCOCC2)cc(Br)c1OC. The predicted molar refractivity (Wildman–Crippen MR) is 90.8 cm³/mol. The Kier molecular flexibility index (Phi) is 7.45. The van der Waals surface area contributed by atoms with E-state index in [2.05, 4.69) is 32.2 Å². The molecule has 0 aromatic heterocycles. The summed E-state index contributed by atoms with van der Waals surface area (Å²) in [5, 5.41) is 3.48. The maximum atomic E-state index is 5.36. The summed E-state index contributed by atoms with van der Waals surface area (Å²) in [6.45, 7) is 6.81. The van der Waals surface area contributed by atoms with E-state index in [1.165, 1.54) is 5.56 Å². The molecule has 6 heteroatoms. The van der Waals surface area contributed by atoms with E-state index >= 15 is 0 Å². The zero-order chi connectivity index (χ0) is 15.8. The van der Waals surface area contributed by atoms with E-state index in [0.717, 1.165) is 68.3 Å². The minimum absolute atomic E-state index is 0.735. The van der Waals surface area contributed by atoms with Gasteiger partial charge in [-0.15, -0.1) is 0 Å². The molecule has 1 N–H and O–H groups in total. The fraction of sp³-hybridized carbons (Fsp3) is 0.625. The van der Waals surface area contributed by atoms with E-state index in [1.807, 2.05) is 6.07 Å². The van der Waals surface area contributed by atoms with Gasteiger partial charge in [-0.2, -0.15) is 0 Å². The molecule has 0 amide bonds. The Labute approximate surface area is 141 Å². The van der Waals surface area contributed by atoms with Gasteiger partial charge in [0.2, 0.25) is 0 Å². The molecule has 0 saturated carbocycles. The topological polar surface area (TPSA) is 43.0 Å². The van der Waals surface area contributed by atoms with Crippen LogP contribution < -0.4 is 14.8 Å². The fourth-order valence-corrected chi connectivity index (χ4v) is 3.21. The van der Waals surface area contributed by atoms with Crippen LogP contribution in [-0.4, -0.2) is 58.5 Å². The average molecular weight is 373 g/mol. The Balaban J connectivity index is 1.73. The Bertz CT molecular complexity index is 465. The first-order valence-electron chi connectivity index (χ1n) is 7.66. The van der Waals surface area contributed by atoms with Gasteiger partial charge in [0.25, 0.3) is 0 Å². The van der Waals surface area contributed by atoms with Crippen molar-refractivity contribution < 1.29 is 14.2 Å². The number of morpholine rings is 1. The molecule has 2 rings (SSSR count). The van der Waals surface area contributed by atoms with E-state index in [1.54, 1.807) is 14.2 Å². The van der Waals surface area contributed by atoms with Crippen molar-refractivity contribution in [3.8, 4) is 11.5 Å². The second-order valence-electron chi connectivity index (χ2n) is 5.30. The highest BCUT2D eigenvalue weighted by molar-refractivity contribution is 9.10. The second-order valence-corrected chi connectivity index (χ2v) is 6.15. The van der Waals surface area contributed by atoms with Crippen LogP contribution in [-0.2, 0) is 11.3 Å². The van der Waals surface area contributed by atoms with Gasteiger partial charge < -0.3 is 19.5 Å². The molecule has 0 unspecified atom stereocenters. The first kappa shape index (κ1) is 17.5. The fourth-order valence-electron chi connectivity index (χ4n) is 2.56. The number of ether oxygens (including phenoxy) is 3. The number of nitrogens with one attached hydrogen (secondary N) is 1. The Morgan fingerprint density at radius 1 is 1.23 bits per heavy atom. The van der Waals surface area contributed by atoms with Gasteiger partial charge >= 0.3 is 0 Å². The van der Waals surface area contributed by atoms with Crippen LogP contribution in [0.1, 0.15) is 12.0 Å². The van der Waals surface area contributed by atoms with Crippen LogP contribution in [0.5, 0.6) is 11.5 Å². The summed E-state index contributed by atoms with van der Waals surface area (Å²) in [7, 11) is 3.30. The molecule has 0 atom stereocenters. The zero-order valence-electron chi connectivity index (χ0n) is 13.4. The van der Waals surface area contributed by atoms with Gasteiger partial charge in [-0.25, -0.2) is 0 Å². The van der Waals surface area contributed by atoms with Crippen LogP contribution >= 0.6 is 15.9 Å². The van der Waals surface area contributed by atoms with Crippen LogP contribution in [0.2, 0.25) is 0 Å². The van der Waals surface area contributed by atoms with Crippen molar-refractivity contribution in [2.75, 3.05) is 53.6 Å². The zero-order valence-corrected chi connectivity index (χ0v) is 14.9. The molecule has 1 saturated heterocycles. The quantitative estimate of drug-likeness (QED) is 0.709. The minimum Gasteiger partial charge on any atom is -0.493 e. The number of rotatable bonds is 8. The van der Waals surface area contributed by atoms with Gasteiger partial charge in [-0.1, -0.05) is 0 Å².